The molecule has 32 heavy (non-hydrogen) atoms. The summed E-state index contributed by atoms with van der Waals surface area (Å²) >= 11 is 0. The molecule has 1 aliphatic rings. The predicted octanol–water partition coefficient (Wildman–Crippen LogP) is 3.91. The van der Waals surface area contributed by atoms with Crippen molar-refractivity contribution < 1.29 is 17.5 Å². The molecule has 10 heteroatoms. The van der Waals surface area contributed by atoms with Crippen LogP contribution in [0.1, 0.15) is 19.8 Å². The Morgan fingerprint density at radius 2 is 1.97 bits per heavy atom. The van der Waals surface area contributed by atoms with Crippen molar-refractivity contribution in [1.29, 1.82) is 0 Å². The largest absolute Gasteiger partial charge is 0.491 e. The summed E-state index contributed by atoms with van der Waals surface area (Å²) in [7, 11) is -3.59. The average molecular weight is 458 g/mol. The molecule has 0 aliphatic carbocycles. The molecule has 0 amide bonds. The number of ether oxygens (including phenoxy) is 1. The normalized spacial score (nSPS) is 15.7. The Morgan fingerprint density at radius 1 is 1.12 bits per heavy atom. The van der Waals surface area contributed by atoms with Crippen molar-refractivity contribution in [3.8, 4) is 16.9 Å². The van der Waals surface area contributed by atoms with Crippen molar-refractivity contribution >= 4 is 27.5 Å². The van der Waals surface area contributed by atoms with Gasteiger partial charge in [0, 0.05) is 30.5 Å². The smallest absolute Gasteiger partial charge is 0.240 e. The SMILES string of the molecule is CCOc1ccc(-c2cnc3nc2NCCCCNS(=O)(=O)c2cccc(c2)N3)cc1F. The van der Waals surface area contributed by atoms with Gasteiger partial charge in [0.05, 0.1) is 11.5 Å². The third-order valence-electron chi connectivity index (χ3n) is 4.92. The topological polar surface area (TPSA) is 105 Å². The van der Waals surface area contributed by atoms with Crippen LogP contribution in [0.15, 0.2) is 53.6 Å². The second kappa shape index (κ2) is 9.49. The fourth-order valence-electron chi connectivity index (χ4n) is 3.35. The first kappa shape index (κ1) is 22.0. The monoisotopic (exact) mass is 457 g/mol. The third kappa shape index (κ3) is 4.97. The lowest BCUT2D eigenvalue weighted by atomic mass is 10.1. The molecule has 0 radical (unpaired) electrons. The van der Waals surface area contributed by atoms with Gasteiger partial charge < -0.3 is 15.4 Å². The van der Waals surface area contributed by atoms with Crippen LogP contribution in [-0.4, -0.2) is 38.1 Å². The van der Waals surface area contributed by atoms with Gasteiger partial charge in [0.2, 0.25) is 16.0 Å². The highest BCUT2D eigenvalue weighted by molar-refractivity contribution is 7.89. The van der Waals surface area contributed by atoms with E-state index in [1.54, 1.807) is 37.4 Å². The maximum atomic E-state index is 14.4. The number of fused-ring (bicyclic) bond motifs is 4. The fourth-order valence-corrected chi connectivity index (χ4v) is 4.47. The quantitative estimate of drug-likeness (QED) is 0.548. The van der Waals surface area contributed by atoms with Crippen molar-refractivity contribution in [2.24, 2.45) is 0 Å². The van der Waals surface area contributed by atoms with Crippen LogP contribution in [0.25, 0.3) is 11.1 Å². The van der Waals surface area contributed by atoms with Gasteiger partial charge in [-0.15, -0.1) is 0 Å². The van der Waals surface area contributed by atoms with E-state index in [1.807, 2.05) is 0 Å². The Hall–Kier alpha value is -3.24. The molecule has 0 spiro atoms. The molecule has 168 valence electrons. The second-order valence-electron chi connectivity index (χ2n) is 7.22. The molecule has 1 aliphatic heterocycles. The molecule has 0 unspecified atom stereocenters. The van der Waals surface area contributed by atoms with Gasteiger partial charge in [-0.25, -0.2) is 22.5 Å². The zero-order valence-corrected chi connectivity index (χ0v) is 18.4. The number of nitrogens with zero attached hydrogens (tertiary/aromatic N) is 2. The molecule has 4 rings (SSSR count). The van der Waals surface area contributed by atoms with Gasteiger partial charge in [-0.1, -0.05) is 12.1 Å². The molecule has 8 nitrogen and oxygen atoms in total. The first-order valence-electron chi connectivity index (χ1n) is 10.4. The molecule has 0 saturated heterocycles. The summed E-state index contributed by atoms with van der Waals surface area (Å²) in [6.45, 7) is 3.07. The maximum Gasteiger partial charge on any atom is 0.240 e. The van der Waals surface area contributed by atoms with Gasteiger partial charge in [-0.2, -0.15) is 4.98 Å². The summed E-state index contributed by atoms with van der Waals surface area (Å²) in [4.78, 5) is 9.08. The van der Waals surface area contributed by atoms with Crippen molar-refractivity contribution in [3.63, 3.8) is 0 Å². The van der Waals surface area contributed by atoms with E-state index >= 15 is 0 Å². The average Bonchev–Trinajstić information content (AvgIpc) is 2.77. The van der Waals surface area contributed by atoms with Gasteiger partial charge in [-0.3, -0.25) is 0 Å². The van der Waals surface area contributed by atoms with Crippen LogP contribution in [0, 0.1) is 5.82 Å². The molecule has 4 bridgehead atoms. The van der Waals surface area contributed by atoms with Gasteiger partial charge >= 0.3 is 0 Å². The van der Waals surface area contributed by atoms with Crippen LogP contribution < -0.4 is 20.1 Å². The number of aromatic nitrogens is 2. The minimum Gasteiger partial charge on any atom is -0.491 e. The van der Waals surface area contributed by atoms with Crippen LogP contribution in [0.4, 0.5) is 21.8 Å². The molecule has 0 fully saturated rings. The molecular formula is C22H24FN5O3S. The standard InChI is InChI=1S/C22H24FN5O3S/c1-2-31-20-9-8-15(12-19(20)23)18-14-25-22-27-16-6-5-7-17(13-16)32(29,30)26-11-4-3-10-24-21(18)28-22/h5-9,12-14,26H,2-4,10-11H2,1H3,(H2,24,25,27,28). The van der Waals surface area contributed by atoms with Gasteiger partial charge in [-0.05, 0) is 55.7 Å². The van der Waals surface area contributed by atoms with Crippen LogP contribution in [0.2, 0.25) is 0 Å². The predicted molar refractivity (Wildman–Crippen MR) is 121 cm³/mol. The van der Waals surface area contributed by atoms with Crippen LogP contribution in [0.3, 0.4) is 0 Å². The van der Waals surface area contributed by atoms with Gasteiger partial charge in [0.25, 0.3) is 0 Å². The highest BCUT2D eigenvalue weighted by Crippen LogP contribution is 2.31. The zero-order valence-electron chi connectivity index (χ0n) is 17.6. The molecule has 2 aromatic carbocycles. The van der Waals surface area contributed by atoms with E-state index in [9.17, 15) is 12.8 Å². The molecule has 3 aromatic rings. The highest BCUT2D eigenvalue weighted by atomic mass is 32.2. The van der Waals surface area contributed by atoms with E-state index in [-0.39, 0.29) is 10.6 Å². The molecule has 0 atom stereocenters. The molecular weight excluding hydrogens is 433 g/mol. The number of anilines is 3. The summed E-state index contributed by atoms with van der Waals surface area (Å²) in [5, 5.41) is 6.31. The van der Waals surface area contributed by atoms with E-state index in [2.05, 4.69) is 25.3 Å². The Kier molecular flexibility index (Phi) is 6.52. The highest BCUT2D eigenvalue weighted by Gasteiger charge is 2.16. The molecule has 0 saturated carbocycles. The molecule has 2 heterocycles. The minimum absolute atomic E-state index is 0.166. The van der Waals surface area contributed by atoms with E-state index in [0.29, 0.717) is 61.1 Å². The third-order valence-corrected chi connectivity index (χ3v) is 6.38. The minimum atomic E-state index is -3.59. The Labute approximate surface area is 186 Å². The number of nitrogens with one attached hydrogen (secondary N) is 3. The molecule has 1 aromatic heterocycles. The van der Waals surface area contributed by atoms with Crippen LogP contribution in [0.5, 0.6) is 5.75 Å². The first-order valence-corrected chi connectivity index (χ1v) is 11.8. The van der Waals surface area contributed by atoms with E-state index in [0.717, 1.165) is 0 Å². The fraction of sp³-hybridized carbons (Fsp3) is 0.273. The molecule has 3 N–H and O–H groups in total. The number of halogens is 1. The first-order chi connectivity index (χ1) is 15.5. The van der Waals surface area contributed by atoms with Gasteiger partial charge in [0.15, 0.2) is 11.6 Å². The number of benzene rings is 2. The Morgan fingerprint density at radius 3 is 2.78 bits per heavy atom. The maximum absolute atomic E-state index is 14.4. The summed E-state index contributed by atoms with van der Waals surface area (Å²) in [5.41, 5.74) is 1.81. The van der Waals surface area contributed by atoms with Crippen molar-refractivity contribution in [2.75, 3.05) is 30.3 Å². The number of hydrogen-bond donors (Lipinski definition) is 3. The van der Waals surface area contributed by atoms with Crippen LogP contribution >= 0.6 is 0 Å². The van der Waals surface area contributed by atoms with Crippen LogP contribution in [-0.2, 0) is 10.0 Å². The van der Waals surface area contributed by atoms with E-state index in [1.165, 1.54) is 18.2 Å². The lowest BCUT2D eigenvalue weighted by Crippen LogP contribution is -2.25. The van der Waals surface area contributed by atoms with E-state index < -0.39 is 15.8 Å². The number of sulfonamides is 1. The number of hydrogen-bond acceptors (Lipinski definition) is 7. The van der Waals surface area contributed by atoms with Crippen molar-refractivity contribution in [1.82, 2.24) is 14.7 Å². The lowest BCUT2D eigenvalue weighted by Gasteiger charge is -2.15. The lowest BCUT2D eigenvalue weighted by molar-refractivity contribution is 0.321. The summed E-state index contributed by atoms with van der Waals surface area (Å²) in [5.74, 6) is 0.590. The zero-order chi connectivity index (χ0) is 22.6. The summed E-state index contributed by atoms with van der Waals surface area (Å²) in [6.07, 6.45) is 2.97. The number of rotatable bonds is 3. The summed E-state index contributed by atoms with van der Waals surface area (Å²) in [6, 6.07) is 11.2. The van der Waals surface area contributed by atoms with Crippen molar-refractivity contribution in [2.45, 2.75) is 24.7 Å². The second-order valence-corrected chi connectivity index (χ2v) is 8.99. The summed E-state index contributed by atoms with van der Waals surface area (Å²) < 4.78 is 47.3. The Balaban J connectivity index is 1.71. The Bertz CT molecular complexity index is 1220. The van der Waals surface area contributed by atoms with Crippen molar-refractivity contribution in [3.05, 3.63) is 54.5 Å². The van der Waals surface area contributed by atoms with Gasteiger partial charge in [0.1, 0.15) is 5.82 Å². The van der Waals surface area contributed by atoms with E-state index in [4.69, 9.17) is 4.74 Å².